The summed E-state index contributed by atoms with van der Waals surface area (Å²) in [6, 6.07) is 0. The zero-order valence-corrected chi connectivity index (χ0v) is 8.58. The Morgan fingerprint density at radius 2 is 2.23 bits per heavy atom. The molecule has 1 aliphatic heterocycles. The molecule has 1 heterocycles. The van der Waals surface area contributed by atoms with E-state index in [1.54, 1.807) is 0 Å². The number of rotatable bonds is 5. The van der Waals surface area contributed by atoms with Crippen molar-refractivity contribution in [2.24, 2.45) is 0 Å². The van der Waals surface area contributed by atoms with Gasteiger partial charge >= 0.3 is 0 Å². The number of ether oxygens (including phenoxy) is 2. The van der Waals surface area contributed by atoms with Gasteiger partial charge in [0.25, 0.3) is 0 Å². The molecular formula is C10H20O3. The second-order valence-corrected chi connectivity index (χ2v) is 3.82. The molecular weight excluding hydrogens is 168 g/mol. The third-order valence-electron chi connectivity index (χ3n) is 2.43. The normalized spacial score (nSPS) is 33.9. The molecule has 0 bridgehead atoms. The summed E-state index contributed by atoms with van der Waals surface area (Å²) in [6.07, 6.45) is 4.36. The fourth-order valence-corrected chi connectivity index (χ4v) is 1.61. The van der Waals surface area contributed by atoms with Gasteiger partial charge in [0.05, 0.1) is 13.2 Å². The molecule has 0 unspecified atom stereocenters. The van der Waals surface area contributed by atoms with Gasteiger partial charge in [-0.3, -0.25) is 0 Å². The van der Waals surface area contributed by atoms with Crippen LogP contribution in [-0.2, 0) is 9.47 Å². The number of hydrogen-bond acceptors (Lipinski definition) is 3. The van der Waals surface area contributed by atoms with Gasteiger partial charge in [0.2, 0.25) is 0 Å². The first kappa shape index (κ1) is 11.0. The molecule has 1 N–H and O–H groups in total. The molecule has 0 aliphatic carbocycles. The monoisotopic (exact) mass is 188 g/mol. The Balaban J connectivity index is 2.23. The molecule has 0 radical (unpaired) electrons. The first-order chi connectivity index (χ1) is 6.20. The van der Waals surface area contributed by atoms with Crippen molar-refractivity contribution in [2.45, 2.75) is 51.4 Å². The van der Waals surface area contributed by atoms with E-state index in [1.165, 1.54) is 12.8 Å². The van der Waals surface area contributed by atoms with E-state index < -0.39 is 5.79 Å². The third-order valence-corrected chi connectivity index (χ3v) is 2.43. The van der Waals surface area contributed by atoms with Crippen LogP contribution >= 0.6 is 0 Å². The van der Waals surface area contributed by atoms with Crippen LogP contribution in [0, 0.1) is 0 Å². The highest BCUT2D eigenvalue weighted by Crippen LogP contribution is 2.28. The fourth-order valence-electron chi connectivity index (χ4n) is 1.61. The molecule has 1 fully saturated rings. The molecule has 0 aromatic heterocycles. The highest BCUT2D eigenvalue weighted by Gasteiger charge is 2.35. The smallest absolute Gasteiger partial charge is 0.166 e. The van der Waals surface area contributed by atoms with Crippen molar-refractivity contribution in [1.29, 1.82) is 0 Å². The standard InChI is InChI=1S/C10H20O3/c1-3-4-5-6-10(2)12-8-9(7-11)13-10/h9,11H,3-8H2,1-2H3/t9-,10+/m1/s1. The second-order valence-electron chi connectivity index (χ2n) is 3.82. The van der Waals surface area contributed by atoms with E-state index in [1.807, 2.05) is 6.92 Å². The van der Waals surface area contributed by atoms with Crippen molar-refractivity contribution in [3.05, 3.63) is 0 Å². The molecule has 1 saturated heterocycles. The zero-order chi connectivity index (χ0) is 9.73. The van der Waals surface area contributed by atoms with Gasteiger partial charge < -0.3 is 14.6 Å². The Hall–Kier alpha value is -0.120. The van der Waals surface area contributed by atoms with Gasteiger partial charge in [-0.25, -0.2) is 0 Å². The number of hydrogen-bond donors (Lipinski definition) is 1. The predicted octanol–water partition coefficient (Wildman–Crippen LogP) is 1.69. The van der Waals surface area contributed by atoms with E-state index in [0.717, 1.165) is 12.8 Å². The van der Waals surface area contributed by atoms with Gasteiger partial charge in [-0.05, 0) is 13.3 Å². The Kier molecular flexibility index (Phi) is 4.16. The number of unbranched alkanes of at least 4 members (excludes halogenated alkanes) is 2. The summed E-state index contributed by atoms with van der Waals surface area (Å²) in [5.74, 6) is -0.442. The first-order valence-electron chi connectivity index (χ1n) is 5.13. The summed E-state index contributed by atoms with van der Waals surface area (Å²) in [5.41, 5.74) is 0. The summed E-state index contributed by atoms with van der Waals surface area (Å²) in [4.78, 5) is 0. The van der Waals surface area contributed by atoms with Crippen molar-refractivity contribution in [3.8, 4) is 0 Å². The van der Waals surface area contributed by atoms with Gasteiger partial charge in [-0.2, -0.15) is 0 Å². The Bertz CT molecular complexity index is 149. The molecule has 2 atom stereocenters. The quantitative estimate of drug-likeness (QED) is 0.667. The fraction of sp³-hybridized carbons (Fsp3) is 1.00. The average Bonchev–Trinajstić information content (AvgIpc) is 2.49. The van der Waals surface area contributed by atoms with Crippen LogP contribution in [0.4, 0.5) is 0 Å². The maximum Gasteiger partial charge on any atom is 0.166 e. The summed E-state index contributed by atoms with van der Waals surface area (Å²) in [6.45, 7) is 4.72. The van der Waals surface area contributed by atoms with Gasteiger partial charge in [-0.1, -0.05) is 19.8 Å². The molecule has 78 valence electrons. The molecule has 0 saturated carbocycles. The minimum atomic E-state index is -0.442. The summed E-state index contributed by atoms with van der Waals surface area (Å²) >= 11 is 0. The van der Waals surface area contributed by atoms with Crippen LogP contribution < -0.4 is 0 Å². The lowest BCUT2D eigenvalue weighted by molar-refractivity contribution is -0.162. The Morgan fingerprint density at radius 3 is 2.77 bits per heavy atom. The lowest BCUT2D eigenvalue weighted by Gasteiger charge is -2.22. The molecule has 0 amide bonds. The van der Waals surface area contributed by atoms with Crippen molar-refractivity contribution in [2.75, 3.05) is 13.2 Å². The van der Waals surface area contributed by atoms with Crippen LogP contribution in [0.2, 0.25) is 0 Å². The number of aliphatic hydroxyl groups is 1. The van der Waals surface area contributed by atoms with Crippen LogP contribution in [-0.4, -0.2) is 30.2 Å². The van der Waals surface area contributed by atoms with Gasteiger partial charge in [0.15, 0.2) is 5.79 Å². The molecule has 1 aliphatic rings. The maximum absolute atomic E-state index is 8.86. The van der Waals surface area contributed by atoms with Crippen LogP contribution in [0.3, 0.4) is 0 Å². The molecule has 1 rings (SSSR count). The van der Waals surface area contributed by atoms with Crippen molar-refractivity contribution in [1.82, 2.24) is 0 Å². The maximum atomic E-state index is 8.86. The molecule has 3 nitrogen and oxygen atoms in total. The summed E-state index contributed by atoms with van der Waals surface area (Å²) in [7, 11) is 0. The lowest BCUT2D eigenvalue weighted by Crippen LogP contribution is -2.27. The van der Waals surface area contributed by atoms with Crippen LogP contribution in [0.5, 0.6) is 0 Å². The molecule has 3 heteroatoms. The van der Waals surface area contributed by atoms with Gasteiger partial charge in [0.1, 0.15) is 6.10 Å². The topological polar surface area (TPSA) is 38.7 Å². The van der Waals surface area contributed by atoms with E-state index in [-0.39, 0.29) is 12.7 Å². The largest absolute Gasteiger partial charge is 0.394 e. The van der Waals surface area contributed by atoms with Crippen LogP contribution in [0.25, 0.3) is 0 Å². The molecule has 0 aromatic rings. The van der Waals surface area contributed by atoms with E-state index in [9.17, 15) is 0 Å². The van der Waals surface area contributed by atoms with Crippen molar-refractivity contribution >= 4 is 0 Å². The first-order valence-corrected chi connectivity index (χ1v) is 5.13. The highest BCUT2D eigenvalue weighted by molar-refractivity contribution is 4.74. The van der Waals surface area contributed by atoms with E-state index in [4.69, 9.17) is 14.6 Å². The van der Waals surface area contributed by atoms with Crippen molar-refractivity contribution < 1.29 is 14.6 Å². The SMILES string of the molecule is CCCCC[C@@]1(C)OC[C@@H](CO)O1. The molecule has 13 heavy (non-hydrogen) atoms. The van der Waals surface area contributed by atoms with Crippen LogP contribution in [0.15, 0.2) is 0 Å². The summed E-state index contributed by atoms with van der Waals surface area (Å²) in [5, 5.41) is 8.86. The molecule has 0 aromatic carbocycles. The Labute approximate surface area is 80.0 Å². The highest BCUT2D eigenvalue weighted by atomic mass is 16.7. The van der Waals surface area contributed by atoms with Gasteiger partial charge in [-0.15, -0.1) is 0 Å². The average molecular weight is 188 g/mol. The Morgan fingerprint density at radius 1 is 1.46 bits per heavy atom. The number of aliphatic hydroxyl groups excluding tert-OH is 1. The van der Waals surface area contributed by atoms with E-state index >= 15 is 0 Å². The predicted molar refractivity (Wildman–Crippen MR) is 50.5 cm³/mol. The van der Waals surface area contributed by atoms with Gasteiger partial charge in [0, 0.05) is 6.42 Å². The van der Waals surface area contributed by atoms with Crippen LogP contribution in [0.1, 0.15) is 39.5 Å². The summed E-state index contributed by atoms with van der Waals surface area (Å²) < 4.78 is 11.1. The van der Waals surface area contributed by atoms with E-state index in [2.05, 4.69) is 6.92 Å². The zero-order valence-electron chi connectivity index (χ0n) is 8.58. The minimum absolute atomic E-state index is 0.0589. The molecule has 0 spiro atoms. The third kappa shape index (κ3) is 3.25. The minimum Gasteiger partial charge on any atom is -0.394 e. The van der Waals surface area contributed by atoms with Crippen molar-refractivity contribution in [3.63, 3.8) is 0 Å². The van der Waals surface area contributed by atoms with E-state index in [0.29, 0.717) is 6.61 Å². The second kappa shape index (κ2) is 4.94. The lowest BCUT2D eigenvalue weighted by atomic mass is 10.1.